The van der Waals surface area contributed by atoms with Gasteiger partial charge in [0.15, 0.2) is 0 Å². The minimum atomic E-state index is 0.764. The lowest BCUT2D eigenvalue weighted by molar-refractivity contribution is 0.489. The lowest BCUT2D eigenvalue weighted by atomic mass is 10.1. The first kappa shape index (κ1) is 10.9. The standard InChI is InChI=1S/C13H16N2O/c1-3-14-9-13-12(5-7-16-13)11-4-6-15-10(2)8-11/h4-8,14H,3,9H2,1-2H3. The maximum Gasteiger partial charge on any atom is 0.125 e. The van der Waals surface area contributed by atoms with Crippen molar-refractivity contribution >= 4 is 0 Å². The van der Waals surface area contributed by atoms with Crippen LogP contribution in [0.25, 0.3) is 11.1 Å². The molecule has 84 valence electrons. The number of hydrogen-bond acceptors (Lipinski definition) is 3. The van der Waals surface area contributed by atoms with Crippen molar-refractivity contribution in [3.8, 4) is 11.1 Å². The summed E-state index contributed by atoms with van der Waals surface area (Å²) in [4.78, 5) is 4.20. The van der Waals surface area contributed by atoms with Crippen molar-refractivity contribution < 1.29 is 4.42 Å². The molecule has 16 heavy (non-hydrogen) atoms. The average molecular weight is 216 g/mol. The summed E-state index contributed by atoms with van der Waals surface area (Å²) < 4.78 is 5.48. The van der Waals surface area contributed by atoms with E-state index in [0.717, 1.165) is 35.7 Å². The van der Waals surface area contributed by atoms with E-state index in [-0.39, 0.29) is 0 Å². The number of aromatic nitrogens is 1. The zero-order chi connectivity index (χ0) is 11.4. The Balaban J connectivity index is 2.29. The summed E-state index contributed by atoms with van der Waals surface area (Å²) in [5.41, 5.74) is 3.33. The molecule has 0 unspecified atom stereocenters. The number of aryl methyl sites for hydroxylation is 1. The lowest BCUT2D eigenvalue weighted by Crippen LogP contribution is -2.11. The minimum Gasteiger partial charge on any atom is -0.467 e. The summed E-state index contributed by atoms with van der Waals surface area (Å²) in [5, 5.41) is 3.27. The van der Waals surface area contributed by atoms with Crippen LogP contribution in [0.3, 0.4) is 0 Å². The van der Waals surface area contributed by atoms with Crippen LogP contribution in [0.5, 0.6) is 0 Å². The number of pyridine rings is 1. The third-order valence-electron chi connectivity index (χ3n) is 2.49. The maximum atomic E-state index is 5.48. The molecule has 0 aromatic carbocycles. The van der Waals surface area contributed by atoms with E-state index >= 15 is 0 Å². The quantitative estimate of drug-likeness (QED) is 0.854. The van der Waals surface area contributed by atoms with E-state index in [1.807, 2.05) is 25.3 Å². The fraction of sp³-hybridized carbons (Fsp3) is 0.308. The summed E-state index contributed by atoms with van der Waals surface area (Å²) in [6.45, 7) is 5.78. The van der Waals surface area contributed by atoms with Gasteiger partial charge < -0.3 is 9.73 Å². The Hall–Kier alpha value is -1.61. The van der Waals surface area contributed by atoms with Crippen molar-refractivity contribution in [1.29, 1.82) is 0 Å². The van der Waals surface area contributed by atoms with Gasteiger partial charge >= 0.3 is 0 Å². The molecule has 0 atom stereocenters. The predicted octanol–water partition coefficient (Wildman–Crippen LogP) is 2.76. The van der Waals surface area contributed by atoms with Crippen LogP contribution in [0.4, 0.5) is 0 Å². The summed E-state index contributed by atoms with van der Waals surface area (Å²) in [6.07, 6.45) is 3.56. The topological polar surface area (TPSA) is 38.1 Å². The second kappa shape index (κ2) is 4.94. The fourth-order valence-corrected chi connectivity index (χ4v) is 1.69. The van der Waals surface area contributed by atoms with Crippen LogP contribution in [0.2, 0.25) is 0 Å². The molecule has 3 nitrogen and oxygen atoms in total. The van der Waals surface area contributed by atoms with E-state index in [1.165, 1.54) is 0 Å². The summed E-state index contributed by atoms with van der Waals surface area (Å²) in [5.74, 6) is 0.979. The average Bonchev–Trinajstić information content (AvgIpc) is 2.74. The van der Waals surface area contributed by atoms with Gasteiger partial charge in [0.05, 0.1) is 12.8 Å². The zero-order valence-corrected chi connectivity index (χ0v) is 9.66. The van der Waals surface area contributed by atoms with E-state index in [9.17, 15) is 0 Å². The first-order chi connectivity index (χ1) is 7.81. The second-order valence-corrected chi connectivity index (χ2v) is 3.72. The van der Waals surface area contributed by atoms with Gasteiger partial charge in [-0.2, -0.15) is 0 Å². The Kier molecular flexibility index (Phi) is 3.37. The van der Waals surface area contributed by atoms with Gasteiger partial charge in [-0.25, -0.2) is 0 Å². The Labute approximate surface area is 95.5 Å². The number of nitrogens with zero attached hydrogens (tertiary/aromatic N) is 1. The molecule has 0 spiro atoms. The maximum absolute atomic E-state index is 5.48. The Morgan fingerprint density at radius 1 is 1.38 bits per heavy atom. The highest BCUT2D eigenvalue weighted by atomic mass is 16.3. The number of rotatable bonds is 4. The fourth-order valence-electron chi connectivity index (χ4n) is 1.69. The molecule has 2 aromatic heterocycles. The molecule has 0 radical (unpaired) electrons. The smallest absolute Gasteiger partial charge is 0.125 e. The Morgan fingerprint density at radius 2 is 2.25 bits per heavy atom. The van der Waals surface area contributed by atoms with E-state index in [2.05, 4.69) is 23.3 Å². The van der Waals surface area contributed by atoms with Crippen molar-refractivity contribution in [2.75, 3.05) is 6.54 Å². The molecule has 0 amide bonds. The Morgan fingerprint density at radius 3 is 3.00 bits per heavy atom. The Bertz CT molecular complexity index is 462. The van der Waals surface area contributed by atoms with E-state index in [1.54, 1.807) is 6.26 Å². The van der Waals surface area contributed by atoms with Crippen molar-refractivity contribution in [1.82, 2.24) is 10.3 Å². The molecule has 0 aliphatic heterocycles. The van der Waals surface area contributed by atoms with Crippen molar-refractivity contribution in [3.05, 3.63) is 42.1 Å². The predicted molar refractivity (Wildman–Crippen MR) is 64.1 cm³/mol. The van der Waals surface area contributed by atoms with Gasteiger partial charge in [0, 0.05) is 17.5 Å². The van der Waals surface area contributed by atoms with Gasteiger partial charge in [-0.05, 0) is 37.2 Å². The first-order valence-electron chi connectivity index (χ1n) is 5.51. The van der Waals surface area contributed by atoms with Crippen LogP contribution in [-0.2, 0) is 6.54 Å². The lowest BCUT2D eigenvalue weighted by Gasteiger charge is -2.03. The number of furan rings is 1. The monoisotopic (exact) mass is 216 g/mol. The molecule has 0 fully saturated rings. The molecule has 2 heterocycles. The highest BCUT2D eigenvalue weighted by molar-refractivity contribution is 5.65. The van der Waals surface area contributed by atoms with Gasteiger partial charge in [0.1, 0.15) is 5.76 Å². The second-order valence-electron chi connectivity index (χ2n) is 3.72. The van der Waals surface area contributed by atoms with Crippen molar-refractivity contribution in [2.24, 2.45) is 0 Å². The molecule has 0 saturated carbocycles. The summed E-state index contributed by atoms with van der Waals surface area (Å²) in [6, 6.07) is 6.08. The van der Waals surface area contributed by atoms with E-state index in [4.69, 9.17) is 4.42 Å². The van der Waals surface area contributed by atoms with Crippen LogP contribution < -0.4 is 5.32 Å². The molecule has 0 aliphatic rings. The normalized spacial score (nSPS) is 10.6. The highest BCUT2D eigenvalue weighted by Gasteiger charge is 2.08. The third kappa shape index (κ3) is 2.31. The highest BCUT2D eigenvalue weighted by Crippen LogP contribution is 2.24. The van der Waals surface area contributed by atoms with E-state index in [0.29, 0.717) is 0 Å². The first-order valence-corrected chi connectivity index (χ1v) is 5.51. The van der Waals surface area contributed by atoms with Crippen LogP contribution in [0, 0.1) is 6.92 Å². The molecule has 0 aliphatic carbocycles. The largest absolute Gasteiger partial charge is 0.467 e. The van der Waals surface area contributed by atoms with Crippen LogP contribution in [-0.4, -0.2) is 11.5 Å². The van der Waals surface area contributed by atoms with Gasteiger partial charge in [-0.3, -0.25) is 4.98 Å². The van der Waals surface area contributed by atoms with Crippen LogP contribution in [0.1, 0.15) is 18.4 Å². The van der Waals surface area contributed by atoms with Gasteiger partial charge in [0.2, 0.25) is 0 Å². The van der Waals surface area contributed by atoms with Crippen LogP contribution >= 0.6 is 0 Å². The van der Waals surface area contributed by atoms with Gasteiger partial charge in [0.25, 0.3) is 0 Å². The molecule has 0 saturated heterocycles. The molecule has 2 aromatic rings. The zero-order valence-electron chi connectivity index (χ0n) is 9.66. The molecular weight excluding hydrogens is 200 g/mol. The molecule has 3 heteroatoms. The number of hydrogen-bond donors (Lipinski definition) is 1. The molecule has 0 bridgehead atoms. The third-order valence-corrected chi connectivity index (χ3v) is 2.49. The van der Waals surface area contributed by atoms with Crippen molar-refractivity contribution in [3.63, 3.8) is 0 Å². The molecule has 2 rings (SSSR count). The summed E-state index contributed by atoms with van der Waals surface area (Å²) >= 11 is 0. The van der Waals surface area contributed by atoms with Crippen molar-refractivity contribution in [2.45, 2.75) is 20.4 Å². The van der Waals surface area contributed by atoms with Gasteiger partial charge in [-0.15, -0.1) is 0 Å². The van der Waals surface area contributed by atoms with E-state index < -0.39 is 0 Å². The SMILES string of the molecule is CCNCc1occc1-c1ccnc(C)c1. The summed E-state index contributed by atoms with van der Waals surface area (Å²) in [7, 11) is 0. The van der Waals surface area contributed by atoms with Gasteiger partial charge in [-0.1, -0.05) is 6.92 Å². The molecule has 1 N–H and O–H groups in total. The van der Waals surface area contributed by atoms with Crippen LogP contribution in [0.15, 0.2) is 35.1 Å². The molecular formula is C13H16N2O. The number of nitrogens with one attached hydrogen (secondary N) is 1. The minimum absolute atomic E-state index is 0.764.